The van der Waals surface area contributed by atoms with E-state index in [0.717, 1.165) is 10.6 Å². The zero-order chi connectivity index (χ0) is 9.42. The van der Waals surface area contributed by atoms with Gasteiger partial charge in [0.05, 0.1) is 0 Å². The highest BCUT2D eigenvalue weighted by Gasteiger charge is 2.09. The van der Waals surface area contributed by atoms with Crippen molar-refractivity contribution in [1.82, 2.24) is 0 Å². The van der Waals surface area contributed by atoms with Crippen molar-refractivity contribution in [3.8, 4) is 0 Å². The van der Waals surface area contributed by atoms with Crippen LogP contribution < -0.4 is 0 Å². The Labute approximate surface area is 104 Å². The minimum Gasteiger partial charge on any atom is -0.144 e. The van der Waals surface area contributed by atoms with Crippen LogP contribution in [0.15, 0.2) is 17.5 Å². The number of benzene rings is 1. The molecule has 0 amide bonds. The van der Waals surface area contributed by atoms with Gasteiger partial charge in [-0.05, 0) is 45.7 Å². The van der Waals surface area contributed by atoms with Gasteiger partial charge in [-0.3, -0.25) is 0 Å². The first-order valence-electron chi connectivity index (χ1n) is 3.64. The topological polar surface area (TPSA) is 0 Å². The Hall–Kier alpha value is 0.490. The highest BCUT2D eigenvalue weighted by Crippen LogP contribution is 2.34. The first-order valence-corrected chi connectivity index (χ1v) is 6.51. The minimum atomic E-state index is 0.475. The van der Waals surface area contributed by atoms with Crippen LogP contribution in [0.25, 0.3) is 10.1 Å². The Morgan fingerprint density at radius 2 is 2.23 bits per heavy atom. The van der Waals surface area contributed by atoms with Crippen molar-refractivity contribution in [2.45, 2.75) is 5.88 Å². The molecule has 0 nitrogen and oxygen atoms in total. The van der Waals surface area contributed by atoms with Crippen LogP contribution in [0.1, 0.15) is 5.56 Å². The molecule has 0 N–H and O–H groups in total. The lowest BCUT2D eigenvalue weighted by Crippen LogP contribution is -1.86. The minimum absolute atomic E-state index is 0.475. The van der Waals surface area contributed by atoms with Crippen molar-refractivity contribution >= 4 is 67.2 Å². The summed E-state index contributed by atoms with van der Waals surface area (Å²) in [7, 11) is 0. The molecule has 1 aromatic heterocycles. The van der Waals surface area contributed by atoms with E-state index in [9.17, 15) is 0 Å². The molecule has 13 heavy (non-hydrogen) atoms. The summed E-state index contributed by atoms with van der Waals surface area (Å²) in [6.45, 7) is 0. The number of thiophene rings is 1. The Balaban J connectivity index is 2.85. The lowest BCUT2D eigenvalue weighted by Gasteiger charge is -2.04. The molecule has 0 saturated carbocycles. The van der Waals surface area contributed by atoms with Gasteiger partial charge < -0.3 is 0 Å². The lowest BCUT2D eigenvalue weighted by molar-refractivity contribution is 1.40. The fraction of sp³-hybridized carbons (Fsp3) is 0.111. The number of rotatable bonds is 1. The zero-order valence-electron chi connectivity index (χ0n) is 6.48. The molecule has 0 aliphatic rings. The van der Waals surface area contributed by atoms with E-state index in [-0.39, 0.29) is 0 Å². The van der Waals surface area contributed by atoms with Gasteiger partial charge in [-0.25, -0.2) is 0 Å². The molecule has 0 bridgehead atoms. The summed E-state index contributed by atoms with van der Waals surface area (Å²) in [5, 5.41) is 4.10. The first kappa shape index (κ1) is 10.0. The largest absolute Gasteiger partial charge is 0.144 e. The molecule has 2 aromatic rings. The van der Waals surface area contributed by atoms with Crippen LogP contribution in [0.4, 0.5) is 0 Å². The molecule has 0 spiro atoms. The molecule has 0 fully saturated rings. The maximum atomic E-state index is 6.08. The quantitative estimate of drug-likeness (QED) is 0.511. The average molecular weight is 343 g/mol. The number of alkyl halides is 1. The van der Waals surface area contributed by atoms with Gasteiger partial charge in [0.25, 0.3) is 0 Å². The van der Waals surface area contributed by atoms with E-state index in [0.29, 0.717) is 5.88 Å². The molecule has 68 valence electrons. The normalized spacial score (nSPS) is 11.0. The highest BCUT2D eigenvalue weighted by molar-refractivity contribution is 14.1. The van der Waals surface area contributed by atoms with E-state index in [1.54, 1.807) is 11.3 Å². The van der Waals surface area contributed by atoms with E-state index in [4.69, 9.17) is 23.2 Å². The highest BCUT2D eigenvalue weighted by atomic mass is 127. The third-order valence-electron chi connectivity index (χ3n) is 1.88. The van der Waals surface area contributed by atoms with E-state index in [1.807, 2.05) is 6.07 Å². The van der Waals surface area contributed by atoms with Crippen LogP contribution >= 0.6 is 57.1 Å². The summed E-state index contributed by atoms with van der Waals surface area (Å²) in [4.78, 5) is 0. The Kier molecular flexibility index (Phi) is 3.03. The van der Waals surface area contributed by atoms with Gasteiger partial charge >= 0.3 is 0 Å². The molecule has 0 unspecified atom stereocenters. The van der Waals surface area contributed by atoms with Gasteiger partial charge in [0, 0.05) is 24.6 Å². The fourth-order valence-electron chi connectivity index (χ4n) is 1.21. The van der Waals surface area contributed by atoms with Crippen LogP contribution in [0.3, 0.4) is 0 Å². The van der Waals surface area contributed by atoms with Gasteiger partial charge in [0.15, 0.2) is 0 Å². The van der Waals surface area contributed by atoms with Gasteiger partial charge in [0.2, 0.25) is 0 Å². The summed E-state index contributed by atoms with van der Waals surface area (Å²) in [5.74, 6) is 0.475. The third-order valence-corrected chi connectivity index (χ3v) is 4.58. The van der Waals surface area contributed by atoms with Crippen molar-refractivity contribution < 1.29 is 0 Å². The summed E-state index contributed by atoms with van der Waals surface area (Å²) in [6.07, 6.45) is 0. The van der Waals surface area contributed by atoms with Crippen molar-refractivity contribution in [2.24, 2.45) is 0 Å². The van der Waals surface area contributed by atoms with Crippen molar-refractivity contribution in [1.29, 1.82) is 0 Å². The molecule has 0 atom stereocenters. The van der Waals surface area contributed by atoms with Gasteiger partial charge in [-0.1, -0.05) is 11.6 Å². The van der Waals surface area contributed by atoms with Gasteiger partial charge in [0.1, 0.15) is 0 Å². The molecule has 4 heteroatoms. The summed E-state index contributed by atoms with van der Waals surface area (Å²) < 4.78 is 2.40. The summed E-state index contributed by atoms with van der Waals surface area (Å²) >= 11 is 15.9. The molecule has 0 saturated heterocycles. The standard InChI is InChI=1S/C9H5Cl2IS/c10-4-6-7(11)3-8-5(9(6)12)1-2-13-8/h1-3H,4H2. The maximum Gasteiger partial charge on any atom is 0.0499 e. The smallest absolute Gasteiger partial charge is 0.0499 e. The Morgan fingerprint density at radius 3 is 2.92 bits per heavy atom. The predicted octanol–water partition coefficient (Wildman–Crippen LogP) is 4.90. The fourth-order valence-corrected chi connectivity index (χ4v) is 4.24. The molecular weight excluding hydrogens is 338 g/mol. The van der Waals surface area contributed by atoms with E-state index < -0.39 is 0 Å². The molecule has 2 rings (SSSR count). The molecule has 1 aromatic carbocycles. The molecule has 0 aliphatic heterocycles. The number of hydrogen-bond donors (Lipinski definition) is 0. The third kappa shape index (κ3) is 1.69. The Bertz CT molecular complexity index is 450. The molecule has 1 heterocycles. The second-order valence-corrected chi connectivity index (χ2v) is 5.32. The predicted molar refractivity (Wildman–Crippen MR) is 69.1 cm³/mol. The van der Waals surface area contributed by atoms with Crippen LogP contribution in [0.2, 0.25) is 5.02 Å². The van der Waals surface area contributed by atoms with Crippen molar-refractivity contribution in [3.05, 3.63) is 31.7 Å². The SMILES string of the molecule is ClCc1c(Cl)cc2sccc2c1I. The van der Waals surface area contributed by atoms with E-state index in [1.165, 1.54) is 13.7 Å². The van der Waals surface area contributed by atoms with Crippen molar-refractivity contribution in [3.63, 3.8) is 0 Å². The molecular formula is C9H5Cl2IS. The van der Waals surface area contributed by atoms with Gasteiger partial charge in [-0.15, -0.1) is 22.9 Å². The van der Waals surface area contributed by atoms with Gasteiger partial charge in [-0.2, -0.15) is 0 Å². The van der Waals surface area contributed by atoms with Crippen LogP contribution in [0.5, 0.6) is 0 Å². The number of halogens is 3. The molecule has 0 aliphatic carbocycles. The summed E-state index contributed by atoms with van der Waals surface area (Å²) in [5.41, 5.74) is 1.04. The second kappa shape index (κ2) is 3.93. The summed E-state index contributed by atoms with van der Waals surface area (Å²) in [6, 6.07) is 4.09. The number of hydrogen-bond acceptors (Lipinski definition) is 1. The molecule has 0 radical (unpaired) electrons. The first-order chi connectivity index (χ1) is 6.24. The van der Waals surface area contributed by atoms with Crippen molar-refractivity contribution in [2.75, 3.05) is 0 Å². The zero-order valence-corrected chi connectivity index (χ0v) is 11.0. The maximum absolute atomic E-state index is 6.08. The average Bonchev–Trinajstić information content (AvgIpc) is 2.53. The van der Waals surface area contributed by atoms with E-state index in [2.05, 4.69) is 34.0 Å². The Morgan fingerprint density at radius 1 is 1.46 bits per heavy atom. The van der Waals surface area contributed by atoms with Crippen LogP contribution in [-0.2, 0) is 5.88 Å². The number of fused-ring (bicyclic) bond motifs is 1. The monoisotopic (exact) mass is 342 g/mol. The van der Waals surface area contributed by atoms with Crippen LogP contribution in [-0.4, -0.2) is 0 Å². The van der Waals surface area contributed by atoms with Crippen LogP contribution in [0, 0.1) is 3.57 Å². The second-order valence-electron chi connectivity index (χ2n) is 2.62. The lowest BCUT2D eigenvalue weighted by atomic mass is 10.2. The van der Waals surface area contributed by atoms with E-state index >= 15 is 0 Å².